The molecule has 2 fully saturated rings. The summed E-state index contributed by atoms with van der Waals surface area (Å²) in [6.45, 7) is 0.995. The van der Waals surface area contributed by atoms with Gasteiger partial charge in [-0.2, -0.15) is 0 Å². The summed E-state index contributed by atoms with van der Waals surface area (Å²) >= 11 is 0. The fourth-order valence-corrected chi connectivity index (χ4v) is 4.83. The summed E-state index contributed by atoms with van der Waals surface area (Å²) in [7, 11) is 1.62. The molecule has 2 aromatic carbocycles. The van der Waals surface area contributed by atoms with Gasteiger partial charge in [-0.1, -0.05) is 24.1 Å². The van der Waals surface area contributed by atoms with Crippen LogP contribution in [0.15, 0.2) is 42.5 Å². The second-order valence-corrected chi connectivity index (χ2v) is 7.98. The number of ether oxygens (including phenoxy) is 2. The van der Waals surface area contributed by atoms with Crippen molar-refractivity contribution in [2.24, 2.45) is 0 Å². The minimum absolute atomic E-state index is 0.202. The van der Waals surface area contributed by atoms with Crippen LogP contribution in [0, 0.1) is 18.2 Å². The highest BCUT2D eigenvalue weighted by Crippen LogP contribution is 2.46. The number of nitrogens with zero attached hydrogens (tertiary/aromatic N) is 1. The Morgan fingerprint density at radius 3 is 2.45 bits per heavy atom. The summed E-state index contributed by atoms with van der Waals surface area (Å²) < 4.78 is 24.3. The van der Waals surface area contributed by atoms with Gasteiger partial charge >= 0.3 is 0 Å². The van der Waals surface area contributed by atoms with Crippen LogP contribution in [0.2, 0.25) is 0 Å². The van der Waals surface area contributed by atoms with Crippen LogP contribution in [-0.4, -0.2) is 35.8 Å². The molecule has 2 saturated heterocycles. The van der Waals surface area contributed by atoms with Crippen LogP contribution in [0.25, 0.3) is 0 Å². The Balaban J connectivity index is 1.49. The maximum Gasteiger partial charge on any atom is 0.162 e. The Morgan fingerprint density at radius 2 is 1.83 bits per heavy atom. The highest BCUT2D eigenvalue weighted by Gasteiger charge is 2.48. The quantitative estimate of drug-likeness (QED) is 0.755. The maximum atomic E-state index is 13.3. The molecule has 0 radical (unpaired) electrons. The van der Waals surface area contributed by atoms with E-state index in [0.717, 1.165) is 30.5 Å². The van der Waals surface area contributed by atoms with Crippen LogP contribution in [0.5, 0.6) is 11.5 Å². The lowest BCUT2D eigenvalue weighted by molar-refractivity contribution is -0.0595. The van der Waals surface area contributed by atoms with Crippen LogP contribution in [-0.2, 0) is 12.1 Å². The second kappa shape index (κ2) is 8.06. The SMILES string of the molecule is C#CCOc1ccc(CN2C3CCC2CC(O)(c2ccc(F)cc2)C3)cc1OC. The Labute approximate surface area is 171 Å². The number of hydrogen-bond acceptors (Lipinski definition) is 4. The average molecular weight is 395 g/mol. The number of methoxy groups -OCH3 is 1. The summed E-state index contributed by atoms with van der Waals surface area (Å²) in [5.74, 6) is 3.50. The summed E-state index contributed by atoms with van der Waals surface area (Å²) in [4.78, 5) is 2.48. The molecule has 4 rings (SSSR count). The zero-order valence-corrected chi connectivity index (χ0v) is 16.6. The molecule has 152 valence electrons. The average Bonchev–Trinajstić information content (AvgIpc) is 2.96. The van der Waals surface area contributed by atoms with Gasteiger partial charge in [0.05, 0.1) is 12.7 Å². The first kappa shape index (κ1) is 19.8. The van der Waals surface area contributed by atoms with Crippen molar-refractivity contribution in [3.63, 3.8) is 0 Å². The molecule has 0 spiro atoms. The van der Waals surface area contributed by atoms with Gasteiger partial charge in [0.15, 0.2) is 11.5 Å². The van der Waals surface area contributed by atoms with E-state index in [-0.39, 0.29) is 12.4 Å². The third-order valence-electron chi connectivity index (χ3n) is 6.20. The topological polar surface area (TPSA) is 41.9 Å². The van der Waals surface area contributed by atoms with E-state index in [9.17, 15) is 9.50 Å². The van der Waals surface area contributed by atoms with E-state index in [1.807, 2.05) is 18.2 Å². The number of piperidine rings is 1. The van der Waals surface area contributed by atoms with Crippen molar-refractivity contribution >= 4 is 0 Å². The molecule has 0 aliphatic carbocycles. The van der Waals surface area contributed by atoms with E-state index in [1.165, 1.54) is 12.1 Å². The second-order valence-electron chi connectivity index (χ2n) is 7.98. The standard InChI is InChI=1S/C24H26FNO3/c1-3-12-29-22-11-4-17(13-23(22)28-2)16-26-20-9-10-21(26)15-24(27,14-20)18-5-7-19(25)8-6-18/h1,4-8,11,13,20-21,27H,9-10,12,14-16H2,2H3. The van der Waals surface area contributed by atoms with Gasteiger partial charge in [-0.05, 0) is 61.1 Å². The van der Waals surface area contributed by atoms with Gasteiger partial charge in [-0.25, -0.2) is 4.39 Å². The molecular weight excluding hydrogens is 369 g/mol. The van der Waals surface area contributed by atoms with Gasteiger partial charge in [0.2, 0.25) is 0 Å². The van der Waals surface area contributed by atoms with Gasteiger partial charge < -0.3 is 14.6 Å². The zero-order valence-electron chi connectivity index (χ0n) is 16.6. The highest BCUT2D eigenvalue weighted by molar-refractivity contribution is 5.43. The van der Waals surface area contributed by atoms with Crippen LogP contribution in [0.1, 0.15) is 36.8 Å². The fourth-order valence-electron chi connectivity index (χ4n) is 4.83. The number of hydrogen-bond donors (Lipinski definition) is 1. The van der Waals surface area contributed by atoms with E-state index in [2.05, 4.69) is 10.8 Å². The molecule has 0 aromatic heterocycles. The molecule has 1 N–H and O–H groups in total. The number of terminal acetylenes is 1. The molecule has 2 bridgehead atoms. The molecule has 2 aliphatic rings. The predicted octanol–water partition coefficient (Wildman–Crippen LogP) is 3.86. The van der Waals surface area contributed by atoms with Crippen LogP contribution in [0.3, 0.4) is 0 Å². The molecule has 29 heavy (non-hydrogen) atoms. The molecule has 2 atom stereocenters. The Hall–Kier alpha value is -2.55. The first-order valence-electron chi connectivity index (χ1n) is 10.00. The molecule has 2 aromatic rings. The molecule has 0 amide bonds. The lowest BCUT2D eigenvalue weighted by Crippen LogP contribution is -2.49. The van der Waals surface area contributed by atoms with Crippen LogP contribution < -0.4 is 9.47 Å². The molecule has 4 nitrogen and oxygen atoms in total. The molecule has 0 saturated carbocycles. The number of halogens is 1. The van der Waals surface area contributed by atoms with Gasteiger partial charge in [-0.15, -0.1) is 6.42 Å². The molecule has 5 heteroatoms. The van der Waals surface area contributed by atoms with Crippen molar-refractivity contribution < 1.29 is 19.0 Å². The van der Waals surface area contributed by atoms with Gasteiger partial charge in [0.25, 0.3) is 0 Å². The molecule has 2 heterocycles. The van der Waals surface area contributed by atoms with Crippen molar-refractivity contribution in [2.75, 3.05) is 13.7 Å². The minimum Gasteiger partial charge on any atom is -0.493 e. The van der Waals surface area contributed by atoms with E-state index in [1.54, 1.807) is 19.2 Å². The summed E-state index contributed by atoms with van der Waals surface area (Å²) in [5, 5.41) is 11.3. The zero-order chi connectivity index (χ0) is 20.4. The molecule has 2 unspecified atom stereocenters. The summed E-state index contributed by atoms with van der Waals surface area (Å²) in [5.41, 5.74) is 1.06. The van der Waals surface area contributed by atoms with Crippen LogP contribution >= 0.6 is 0 Å². The lowest BCUT2D eigenvalue weighted by Gasteiger charge is -2.44. The number of aliphatic hydroxyl groups is 1. The maximum absolute atomic E-state index is 13.3. The largest absolute Gasteiger partial charge is 0.493 e. The monoisotopic (exact) mass is 395 g/mol. The Bertz CT molecular complexity index is 891. The summed E-state index contributed by atoms with van der Waals surface area (Å²) in [6.07, 6.45) is 8.72. The van der Waals surface area contributed by atoms with Gasteiger partial charge in [0.1, 0.15) is 12.4 Å². The highest BCUT2D eigenvalue weighted by atomic mass is 19.1. The van der Waals surface area contributed by atoms with Crippen molar-refractivity contribution in [1.29, 1.82) is 0 Å². The van der Waals surface area contributed by atoms with Crippen LogP contribution in [0.4, 0.5) is 4.39 Å². The van der Waals surface area contributed by atoms with Crippen molar-refractivity contribution in [1.82, 2.24) is 4.90 Å². The first-order valence-corrected chi connectivity index (χ1v) is 10.00. The van der Waals surface area contributed by atoms with Crippen molar-refractivity contribution in [2.45, 2.75) is 49.9 Å². The van der Waals surface area contributed by atoms with E-state index in [0.29, 0.717) is 36.4 Å². The Kier molecular flexibility index (Phi) is 5.49. The number of fused-ring (bicyclic) bond motifs is 2. The molecular formula is C24H26FNO3. The normalized spacial score (nSPS) is 26.1. The fraction of sp³-hybridized carbons (Fsp3) is 0.417. The Morgan fingerprint density at radius 1 is 1.14 bits per heavy atom. The predicted molar refractivity (Wildman–Crippen MR) is 109 cm³/mol. The summed E-state index contributed by atoms with van der Waals surface area (Å²) in [6, 6.07) is 12.8. The number of rotatable bonds is 6. The van der Waals surface area contributed by atoms with Gasteiger partial charge in [0, 0.05) is 18.6 Å². The van der Waals surface area contributed by atoms with E-state index < -0.39 is 5.60 Å². The minimum atomic E-state index is -0.888. The van der Waals surface area contributed by atoms with Crippen molar-refractivity contribution in [3.05, 3.63) is 59.4 Å². The van der Waals surface area contributed by atoms with Crippen molar-refractivity contribution in [3.8, 4) is 23.8 Å². The van der Waals surface area contributed by atoms with Gasteiger partial charge in [-0.3, -0.25) is 4.90 Å². The molecule has 2 aliphatic heterocycles. The first-order chi connectivity index (χ1) is 14.0. The third kappa shape index (κ3) is 3.96. The smallest absolute Gasteiger partial charge is 0.162 e. The third-order valence-corrected chi connectivity index (χ3v) is 6.20. The lowest BCUT2D eigenvalue weighted by atomic mass is 9.80. The number of benzene rings is 2. The van der Waals surface area contributed by atoms with E-state index >= 15 is 0 Å². The van der Waals surface area contributed by atoms with E-state index in [4.69, 9.17) is 15.9 Å².